The molecular weight excluding hydrogens is 609 g/mol. The summed E-state index contributed by atoms with van der Waals surface area (Å²) in [6.07, 6.45) is 4.07. The number of rotatable bonds is 8. The minimum Gasteiger partial charge on any atom is -0.457 e. The fourth-order valence-corrected chi connectivity index (χ4v) is 4.73. The first-order chi connectivity index (χ1) is 20.5. The third-order valence-electron chi connectivity index (χ3n) is 6.93. The maximum absolute atomic E-state index is 12.6. The Balaban J connectivity index is 0.000000285. The van der Waals surface area contributed by atoms with E-state index in [9.17, 15) is 10.1 Å². The average Bonchev–Trinajstić information content (AvgIpc) is 3.52. The zero-order valence-electron chi connectivity index (χ0n) is 24.0. The third kappa shape index (κ3) is 9.73. The molecule has 2 aromatic carbocycles. The van der Waals surface area contributed by atoms with Crippen LogP contribution in [0.25, 0.3) is 0 Å². The van der Waals surface area contributed by atoms with E-state index < -0.39 is 12.1 Å². The number of ether oxygens (including phenoxy) is 2. The number of hydrogen-bond donors (Lipinski definition) is 0. The molecule has 1 fully saturated rings. The zero-order valence-corrected chi connectivity index (χ0v) is 26.3. The number of nitriles is 2. The molecule has 0 spiro atoms. The van der Waals surface area contributed by atoms with Gasteiger partial charge >= 0.3 is 5.97 Å². The number of aliphatic imine (C=N–C) groups is 1. The first-order valence-electron chi connectivity index (χ1n) is 13.2. The van der Waals surface area contributed by atoms with Gasteiger partial charge in [0.1, 0.15) is 33.0 Å². The van der Waals surface area contributed by atoms with Crippen LogP contribution in [0, 0.1) is 40.0 Å². The summed E-state index contributed by atoms with van der Waals surface area (Å²) in [6.45, 7) is 6.31. The summed E-state index contributed by atoms with van der Waals surface area (Å²) in [7, 11) is 1.87. The number of aromatic nitrogens is 1. The number of allylic oxidation sites excluding steroid dienone is 1. The molecule has 1 aliphatic rings. The van der Waals surface area contributed by atoms with E-state index in [-0.39, 0.29) is 21.7 Å². The first kappa shape index (κ1) is 33.4. The van der Waals surface area contributed by atoms with Crippen molar-refractivity contribution in [2.75, 3.05) is 7.05 Å². The maximum atomic E-state index is 12.6. The lowest BCUT2D eigenvalue weighted by molar-refractivity contribution is -0.149. The Morgan fingerprint density at radius 3 is 2.42 bits per heavy atom. The Hall–Kier alpha value is -4.08. The Morgan fingerprint density at radius 2 is 1.81 bits per heavy atom. The number of carbonyl (C=O) groups excluding carboxylic acids is 1. The number of halogens is 3. The van der Waals surface area contributed by atoms with Crippen LogP contribution in [0.1, 0.15) is 38.0 Å². The molecule has 0 amide bonds. The Morgan fingerprint density at radius 1 is 1.12 bits per heavy atom. The van der Waals surface area contributed by atoms with Gasteiger partial charge < -0.3 is 14.4 Å². The largest absolute Gasteiger partial charge is 0.457 e. The van der Waals surface area contributed by atoms with E-state index >= 15 is 0 Å². The van der Waals surface area contributed by atoms with E-state index in [1.807, 2.05) is 68.3 Å². The Labute approximate surface area is 266 Å². The summed E-state index contributed by atoms with van der Waals surface area (Å²) >= 11 is 17.1. The van der Waals surface area contributed by atoms with Crippen LogP contribution in [0.2, 0.25) is 5.15 Å². The van der Waals surface area contributed by atoms with Crippen molar-refractivity contribution >= 4 is 46.6 Å². The lowest BCUT2D eigenvalue weighted by Gasteiger charge is -2.17. The SMILES string of the molecule is C/C(=N\C#N)N(C)Cc1ccc(Cl)nc1.CC1(C)[C@H](C=C(Cl)Cl)[C@H]1C(=O)OC(C#N)c1cccc(Oc2ccccc2)c1. The van der Waals surface area contributed by atoms with E-state index in [1.54, 1.807) is 55.7 Å². The summed E-state index contributed by atoms with van der Waals surface area (Å²) in [5.74, 6) is 0.963. The first-order valence-corrected chi connectivity index (χ1v) is 14.3. The molecule has 0 radical (unpaired) electrons. The van der Waals surface area contributed by atoms with E-state index in [0.29, 0.717) is 34.6 Å². The minimum absolute atomic E-state index is 0.114. The number of esters is 1. The van der Waals surface area contributed by atoms with Crippen LogP contribution in [0.4, 0.5) is 0 Å². The highest BCUT2D eigenvalue weighted by molar-refractivity contribution is 6.55. The van der Waals surface area contributed by atoms with Crippen LogP contribution < -0.4 is 4.74 Å². The van der Waals surface area contributed by atoms with Gasteiger partial charge in [-0.2, -0.15) is 15.5 Å². The van der Waals surface area contributed by atoms with Gasteiger partial charge in [-0.15, -0.1) is 0 Å². The average molecular weight is 639 g/mol. The lowest BCUT2D eigenvalue weighted by Crippen LogP contribution is -2.23. The quantitative estimate of drug-likeness (QED) is 0.0803. The number of pyridine rings is 1. The van der Waals surface area contributed by atoms with Crippen LogP contribution in [0.15, 0.2) is 88.5 Å². The van der Waals surface area contributed by atoms with Crippen molar-refractivity contribution in [1.82, 2.24) is 9.88 Å². The summed E-state index contributed by atoms with van der Waals surface area (Å²) in [4.78, 5) is 22.1. The second kappa shape index (κ2) is 15.4. The topological polar surface area (TPSA) is 112 Å². The van der Waals surface area contributed by atoms with E-state index in [4.69, 9.17) is 49.5 Å². The van der Waals surface area contributed by atoms with E-state index in [0.717, 1.165) is 5.56 Å². The van der Waals surface area contributed by atoms with Crippen LogP contribution in [0.5, 0.6) is 11.5 Å². The van der Waals surface area contributed by atoms with Crippen LogP contribution in [-0.2, 0) is 16.1 Å². The summed E-state index contributed by atoms with van der Waals surface area (Å²) in [6, 6.07) is 21.9. The highest BCUT2D eigenvalue weighted by Gasteiger charge is 2.62. The van der Waals surface area contributed by atoms with Gasteiger partial charge in [0, 0.05) is 25.4 Å². The number of carbonyl (C=O) groups is 1. The predicted molar refractivity (Wildman–Crippen MR) is 167 cm³/mol. The van der Waals surface area contributed by atoms with Crippen LogP contribution in [0.3, 0.4) is 0 Å². The molecule has 4 rings (SSSR count). The molecule has 0 aliphatic heterocycles. The predicted octanol–water partition coefficient (Wildman–Crippen LogP) is 8.24. The van der Waals surface area contributed by atoms with Gasteiger partial charge in [-0.05, 0) is 60.2 Å². The van der Waals surface area contributed by atoms with Gasteiger partial charge in [0.25, 0.3) is 0 Å². The molecule has 1 aliphatic carbocycles. The summed E-state index contributed by atoms with van der Waals surface area (Å²) in [5.41, 5.74) is 1.25. The minimum atomic E-state index is -1.03. The Bertz CT molecular complexity index is 1540. The van der Waals surface area contributed by atoms with Crippen molar-refractivity contribution in [3.05, 3.63) is 99.8 Å². The van der Waals surface area contributed by atoms with Crippen LogP contribution >= 0.6 is 34.8 Å². The van der Waals surface area contributed by atoms with Gasteiger partial charge in [-0.25, -0.2) is 4.98 Å². The lowest BCUT2D eigenvalue weighted by atomic mass is 10.1. The summed E-state index contributed by atoms with van der Waals surface area (Å²) in [5, 5.41) is 18.4. The molecule has 0 N–H and O–H groups in total. The standard InChI is InChI=1S/C22H19Cl2NO3.C10H11ClN4/c1-22(2)17(12-19(23)24)20(22)21(26)28-18(13-25)14-7-6-10-16(11-14)27-15-8-4-3-5-9-15;1-8(14-7-12)15(2)6-9-3-4-10(11)13-5-9/h3-12,17-18,20H,1-2H3;3-5H,6H2,1-2H3/b;14-8+/t17-,18?,20+;/m1./s1. The van der Waals surface area contributed by atoms with Gasteiger partial charge in [-0.3, -0.25) is 4.79 Å². The molecule has 0 bridgehead atoms. The zero-order chi connectivity index (χ0) is 31.6. The maximum Gasteiger partial charge on any atom is 0.311 e. The van der Waals surface area contributed by atoms with Gasteiger partial charge in [-0.1, -0.05) is 85.0 Å². The fraction of sp³-hybridized carbons (Fsp3) is 0.281. The third-order valence-corrected chi connectivity index (χ3v) is 7.41. The van der Waals surface area contributed by atoms with Gasteiger partial charge in [0.15, 0.2) is 0 Å². The molecule has 0 saturated heterocycles. The molecule has 43 heavy (non-hydrogen) atoms. The highest BCUT2D eigenvalue weighted by atomic mass is 35.5. The monoisotopic (exact) mass is 637 g/mol. The molecule has 3 atom stereocenters. The number of benzene rings is 2. The molecule has 1 aromatic heterocycles. The van der Waals surface area contributed by atoms with Crippen molar-refractivity contribution in [2.24, 2.45) is 22.2 Å². The highest BCUT2D eigenvalue weighted by Crippen LogP contribution is 2.60. The van der Waals surface area contributed by atoms with Crippen molar-refractivity contribution in [3.8, 4) is 23.8 Å². The number of hydrogen-bond acceptors (Lipinski definition) is 7. The van der Waals surface area contributed by atoms with Gasteiger partial charge in [0.05, 0.1) is 5.92 Å². The van der Waals surface area contributed by atoms with E-state index in [2.05, 4.69) is 9.98 Å². The second-order valence-electron chi connectivity index (χ2n) is 10.3. The smallest absolute Gasteiger partial charge is 0.311 e. The van der Waals surface area contributed by atoms with Crippen molar-refractivity contribution in [2.45, 2.75) is 33.4 Å². The molecule has 1 unspecified atom stereocenters. The molecule has 8 nitrogen and oxygen atoms in total. The molecular formula is C32H30Cl3N5O3. The van der Waals surface area contributed by atoms with Gasteiger partial charge in [0.2, 0.25) is 12.3 Å². The second-order valence-corrected chi connectivity index (χ2v) is 11.7. The number of amidine groups is 1. The fourth-order valence-electron chi connectivity index (χ4n) is 4.34. The van der Waals surface area contributed by atoms with Crippen molar-refractivity contribution < 1.29 is 14.3 Å². The summed E-state index contributed by atoms with van der Waals surface area (Å²) < 4.78 is 11.4. The number of nitrogens with zero attached hydrogens (tertiary/aromatic N) is 5. The van der Waals surface area contributed by atoms with Crippen molar-refractivity contribution in [3.63, 3.8) is 0 Å². The molecule has 222 valence electrons. The van der Waals surface area contributed by atoms with E-state index in [1.165, 1.54) is 0 Å². The number of para-hydroxylation sites is 1. The molecule has 1 saturated carbocycles. The molecule has 1 heterocycles. The van der Waals surface area contributed by atoms with Crippen LogP contribution in [-0.4, -0.2) is 28.7 Å². The van der Waals surface area contributed by atoms with Crippen molar-refractivity contribution in [1.29, 1.82) is 10.5 Å². The molecule has 11 heteroatoms. The Kier molecular flexibility index (Phi) is 12.0. The normalized spacial score (nSPS) is 17.1. The molecule has 3 aromatic rings.